The van der Waals surface area contributed by atoms with Crippen LogP contribution in [0.25, 0.3) is 0 Å². The van der Waals surface area contributed by atoms with Crippen molar-refractivity contribution in [2.75, 3.05) is 31.1 Å². The molecule has 1 aromatic heterocycles. The molecule has 3 rings (SSSR count). The van der Waals surface area contributed by atoms with Gasteiger partial charge in [0.1, 0.15) is 5.82 Å². The van der Waals surface area contributed by atoms with Crippen LogP contribution in [0, 0.1) is 15.9 Å². The minimum Gasteiger partial charge on any atom is -0.348 e. The third-order valence-corrected chi connectivity index (χ3v) is 4.44. The van der Waals surface area contributed by atoms with Crippen LogP contribution in [-0.2, 0) is 6.54 Å². The van der Waals surface area contributed by atoms with E-state index in [2.05, 4.69) is 25.8 Å². The van der Waals surface area contributed by atoms with E-state index in [-0.39, 0.29) is 11.5 Å². The predicted molar refractivity (Wildman–Crippen MR) is 92.5 cm³/mol. The fraction of sp³-hybridized carbons (Fsp3) is 0.312. The van der Waals surface area contributed by atoms with E-state index in [1.54, 1.807) is 18.3 Å². The molecule has 0 spiro atoms. The first kappa shape index (κ1) is 16.8. The van der Waals surface area contributed by atoms with Crippen LogP contribution in [0.4, 0.5) is 15.9 Å². The van der Waals surface area contributed by atoms with E-state index in [0.29, 0.717) is 23.4 Å². The van der Waals surface area contributed by atoms with Crippen LogP contribution < -0.4 is 4.90 Å². The van der Waals surface area contributed by atoms with Crippen molar-refractivity contribution >= 4 is 27.4 Å². The van der Waals surface area contributed by atoms with E-state index in [0.717, 1.165) is 25.2 Å². The topological polar surface area (TPSA) is 62.5 Å². The van der Waals surface area contributed by atoms with Gasteiger partial charge in [0.15, 0.2) is 0 Å². The summed E-state index contributed by atoms with van der Waals surface area (Å²) in [4.78, 5) is 19.2. The molecule has 126 valence electrons. The monoisotopic (exact) mass is 394 g/mol. The van der Waals surface area contributed by atoms with Gasteiger partial charge in [0.2, 0.25) is 5.82 Å². The lowest BCUT2D eigenvalue weighted by molar-refractivity contribution is -0.384. The van der Waals surface area contributed by atoms with Crippen LogP contribution >= 0.6 is 15.9 Å². The maximum absolute atomic E-state index is 13.0. The molecule has 2 heterocycles. The van der Waals surface area contributed by atoms with Gasteiger partial charge in [-0.2, -0.15) is 0 Å². The van der Waals surface area contributed by atoms with Crippen molar-refractivity contribution in [2.24, 2.45) is 0 Å². The Hall–Kier alpha value is -2.06. The summed E-state index contributed by atoms with van der Waals surface area (Å²) >= 11 is 3.22. The van der Waals surface area contributed by atoms with Crippen molar-refractivity contribution in [3.63, 3.8) is 0 Å². The van der Waals surface area contributed by atoms with Crippen molar-refractivity contribution in [3.8, 4) is 0 Å². The average molecular weight is 395 g/mol. The number of hydrogen-bond donors (Lipinski definition) is 0. The number of pyridine rings is 1. The molecule has 0 atom stereocenters. The Morgan fingerprint density at radius 2 is 1.88 bits per heavy atom. The number of rotatable bonds is 4. The van der Waals surface area contributed by atoms with Gasteiger partial charge in [-0.25, -0.2) is 9.37 Å². The lowest BCUT2D eigenvalue weighted by Gasteiger charge is -2.35. The molecular weight excluding hydrogens is 379 g/mol. The molecule has 0 unspecified atom stereocenters. The number of piperazine rings is 1. The summed E-state index contributed by atoms with van der Waals surface area (Å²) in [5, 5.41) is 11.2. The summed E-state index contributed by atoms with van der Waals surface area (Å²) in [6.45, 7) is 3.61. The van der Waals surface area contributed by atoms with Gasteiger partial charge in [-0.1, -0.05) is 12.1 Å². The Balaban J connectivity index is 1.65. The van der Waals surface area contributed by atoms with Gasteiger partial charge < -0.3 is 4.90 Å². The zero-order valence-corrected chi connectivity index (χ0v) is 14.4. The SMILES string of the molecule is O=[N+]([O-])c1cc(Br)cnc1N1CCN(Cc2ccc(F)cc2)CC1. The van der Waals surface area contributed by atoms with Crippen molar-refractivity contribution < 1.29 is 9.31 Å². The highest BCUT2D eigenvalue weighted by atomic mass is 79.9. The lowest BCUT2D eigenvalue weighted by Crippen LogP contribution is -2.46. The Morgan fingerprint density at radius 3 is 2.50 bits per heavy atom. The number of nitrogens with zero attached hydrogens (tertiary/aromatic N) is 4. The first-order valence-corrected chi connectivity index (χ1v) is 8.34. The molecule has 6 nitrogen and oxygen atoms in total. The fourth-order valence-corrected chi connectivity index (χ4v) is 3.08. The molecule has 2 aromatic rings. The molecule has 0 saturated carbocycles. The maximum Gasteiger partial charge on any atom is 0.312 e. The number of benzene rings is 1. The van der Waals surface area contributed by atoms with E-state index in [9.17, 15) is 14.5 Å². The van der Waals surface area contributed by atoms with Crippen LogP contribution in [0.5, 0.6) is 0 Å². The normalized spacial score (nSPS) is 15.5. The number of anilines is 1. The minimum atomic E-state index is -0.405. The number of halogens is 2. The molecule has 8 heteroatoms. The van der Waals surface area contributed by atoms with E-state index in [4.69, 9.17) is 0 Å². The van der Waals surface area contributed by atoms with Crippen LogP contribution in [0.1, 0.15) is 5.56 Å². The van der Waals surface area contributed by atoms with Crippen molar-refractivity contribution in [1.82, 2.24) is 9.88 Å². The highest BCUT2D eigenvalue weighted by Gasteiger charge is 2.25. The van der Waals surface area contributed by atoms with Crippen LogP contribution in [0.15, 0.2) is 41.0 Å². The molecule has 1 aliphatic heterocycles. The minimum absolute atomic E-state index is 0.0105. The van der Waals surface area contributed by atoms with Gasteiger partial charge in [-0.15, -0.1) is 0 Å². The van der Waals surface area contributed by atoms with Gasteiger partial charge >= 0.3 is 5.69 Å². The highest BCUT2D eigenvalue weighted by molar-refractivity contribution is 9.10. The van der Waals surface area contributed by atoms with Gasteiger partial charge in [0.25, 0.3) is 0 Å². The third kappa shape index (κ3) is 3.88. The zero-order valence-electron chi connectivity index (χ0n) is 12.9. The Kier molecular flexibility index (Phi) is 5.06. The number of nitro groups is 1. The smallest absolute Gasteiger partial charge is 0.312 e. The molecule has 0 N–H and O–H groups in total. The van der Waals surface area contributed by atoms with Crippen LogP contribution in [-0.4, -0.2) is 41.0 Å². The van der Waals surface area contributed by atoms with E-state index in [1.807, 2.05) is 4.90 Å². The summed E-state index contributed by atoms with van der Waals surface area (Å²) in [5.41, 5.74) is 1.06. The number of hydrogen-bond acceptors (Lipinski definition) is 5. The molecule has 1 aliphatic rings. The number of aromatic nitrogens is 1. The highest BCUT2D eigenvalue weighted by Crippen LogP contribution is 2.29. The predicted octanol–water partition coefficient (Wildman–Crippen LogP) is 3.21. The standard InChI is InChI=1S/C16H16BrFN4O2/c17-13-9-15(22(23)24)16(19-10-13)21-7-5-20(6-8-21)11-12-1-3-14(18)4-2-12/h1-4,9-10H,5-8,11H2. The molecule has 1 fully saturated rings. The summed E-state index contributed by atoms with van der Waals surface area (Å²) < 4.78 is 13.5. The fourth-order valence-electron chi connectivity index (χ4n) is 2.77. The van der Waals surface area contributed by atoms with E-state index >= 15 is 0 Å². The molecule has 1 saturated heterocycles. The molecule has 0 radical (unpaired) electrons. The second kappa shape index (κ2) is 7.23. The summed E-state index contributed by atoms with van der Waals surface area (Å²) in [6.07, 6.45) is 1.58. The Bertz CT molecular complexity index is 733. The molecule has 0 bridgehead atoms. The molecule has 1 aromatic carbocycles. The summed E-state index contributed by atoms with van der Waals surface area (Å²) in [5.74, 6) is 0.168. The average Bonchev–Trinajstić information content (AvgIpc) is 2.58. The van der Waals surface area contributed by atoms with Crippen molar-refractivity contribution in [1.29, 1.82) is 0 Å². The summed E-state index contributed by atoms with van der Waals surface area (Å²) in [6, 6.07) is 7.96. The Morgan fingerprint density at radius 1 is 1.21 bits per heavy atom. The van der Waals surface area contributed by atoms with Crippen molar-refractivity contribution in [3.05, 3.63) is 62.5 Å². The second-order valence-corrected chi connectivity index (χ2v) is 6.56. The molecular formula is C16H16BrFN4O2. The van der Waals surface area contributed by atoms with Gasteiger partial charge in [0, 0.05) is 49.5 Å². The molecule has 0 aliphatic carbocycles. The van der Waals surface area contributed by atoms with Gasteiger partial charge in [-0.05, 0) is 33.6 Å². The molecule has 0 amide bonds. The summed E-state index contributed by atoms with van der Waals surface area (Å²) in [7, 11) is 0. The van der Waals surface area contributed by atoms with Gasteiger partial charge in [0.05, 0.1) is 4.92 Å². The third-order valence-electron chi connectivity index (χ3n) is 4.00. The van der Waals surface area contributed by atoms with Crippen LogP contribution in [0.3, 0.4) is 0 Å². The van der Waals surface area contributed by atoms with Crippen molar-refractivity contribution in [2.45, 2.75) is 6.54 Å². The Labute approximate surface area is 147 Å². The van der Waals surface area contributed by atoms with E-state index in [1.165, 1.54) is 18.2 Å². The zero-order chi connectivity index (χ0) is 17.1. The first-order valence-electron chi connectivity index (χ1n) is 7.54. The van der Waals surface area contributed by atoms with Crippen LogP contribution in [0.2, 0.25) is 0 Å². The first-order chi connectivity index (χ1) is 11.5. The molecule has 24 heavy (non-hydrogen) atoms. The quantitative estimate of drug-likeness (QED) is 0.588. The van der Waals surface area contributed by atoms with E-state index < -0.39 is 4.92 Å². The lowest BCUT2D eigenvalue weighted by atomic mass is 10.2. The maximum atomic E-state index is 13.0. The van der Waals surface area contributed by atoms with Gasteiger partial charge in [-0.3, -0.25) is 15.0 Å². The second-order valence-electron chi connectivity index (χ2n) is 5.64. The largest absolute Gasteiger partial charge is 0.348 e.